The number of nitrogens with one attached hydrogen (secondary N) is 5. The summed E-state index contributed by atoms with van der Waals surface area (Å²) in [6.45, 7) is -5.22. The number of amides is 5. The highest BCUT2D eigenvalue weighted by molar-refractivity contribution is 5.75. The fraction of sp³-hybridized carbons (Fsp3) is 0.922. The number of rotatable bonds is 30. The van der Waals surface area contributed by atoms with Crippen LogP contribution in [0.5, 0.6) is 0 Å². The van der Waals surface area contributed by atoms with Gasteiger partial charge in [-0.15, -0.1) is 0 Å². The van der Waals surface area contributed by atoms with E-state index < -0.39 is 365 Å². The second-order valence-corrected chi connectivity index (χ2v) is 28.9. The molecule has 115 heavy (non-hydrogen) atoms. The normalized spacial score (nSPS) is 47.9. The molecule has 0 aromatic heterocycles. The Labute approximate surface area is 651 Å². The summed E-state index contributed by atoms with van der Waals surface area (Å²) in [7, 11) is 0. The predicted octanol–water partition coefficient (Wildman–Crippen LogP) is -19.9. The number of hydrogen-bond acceptors (Lipinski definition) is 46. The summed E-state index contributed by atoms with van der Waals surface area (Å²) in [5.41, 5.74) is 0. The zero-order valence-corrected chi connectivity index (χ0v) is 62.1. The Balaban J connectivity index is 1.10. The van der Waals surface area contributed by atoms with Crippen molar-refractivity contribution in [1.29, 1.82) is 0 Å². The molecule has 29 N–H and O–H groups in total. The van der Waals surface area contributed by atoms with Gasteiger partial charge in [-0.3, -0.25) is 24.0 Å². The molecular weight excluding hydrogens is 1570 g/mol. The number of ether oxygens (including phenoxy) is 17. The lowest BCUT2D eigenvalue weighted by Gasteiger charge is -2.52. The first kappa shape index (κ1) is 94.6. The Morgan fingerprint density at radius 3 is 0.878 bits per heavy atom. The highest BCUT2D eigenvalue weighted by Gasteiger charge is 2.61. The van der Waals surface area contributed by atoms with Crippen molar-refractivity contribution in [2.45, 2.75) is 311 Å². The fourth-order valence-electron chi connectivity index (χ4n) is 14.9. The van der Waals surface area contributed by atoms with Gasteiger partial charge in [-0.1, -0.05) is 0 Å². The molecule has 51 heteroatoms. The van der Waals surface area contributed by atoms with Crippen molar-refractivity contribution < 1.29 is 227 Å². The summed E-state index contributed by atoms with van der Waals surface area (Å²) < 4.78 is 102. The molecule has 0 aromatic rings. The van der Waals surface area contributed by atoms with Crippen molar-refractivity contribution in [1.82, 2.24) is 26.6 Å². The van der Waals surface area contributed by atoms with E-state index >= 15 is 0 Å². The molecule has 51 nitrogen and oxygen atoms in total. The zero-order valence-electron chi connectivity index (χ0n) is 62.1. The van der Waals surface area contributed by atoms with E-state index in [1.54, 1.807) is 0 Å². The van der Waals surface area contributed by atoms with Crippen LogP contribution >= 0.6 is 0 Å². The van der Waals surface area contributed by atoms with Gasteiger partial charge in [0.05, 0.1) is 59.5 Å². The van der Waals surface area contributed by atoms with Crippen LogP contribution in [0.25, 0.3) is 0 Å². The van der Waals surface area contributed by atoms with Crippen molar-refractivity contribution in [3.63, 3.8) is 0 Å². The quantitative estimate of drug-likeness (QED) is 0.0318. The Bertz CT molecular complexity index is 3100. The molecule has 45 atom stereocenters. The van der Waals surface area contributed by atoms with Crippen LogP contribution in [0, 0.1) is 0 Å². The van der Waals surface area contributed by atoms with Gasteiger partial charge in [0, 0.05) is 34.6 Å². The second kappa shape index (κ2) is 41.5. The number of carbonyl (C=O) groups excluding carboxylic acids is 5. The van der Waals surface area contributed by atoms with E-state index in [2.05, 4.69) is 26.6 Å². The maximum Gasteiger partial charge on any atom is 0.217 e. The fourth-order valence-corrected chi connectivity index (χ4v) is 14.9. The summed E-state index contributed by atoms with van der Waals surface area (Å²) in [4.78, 5) is 63.5. The molecule has 0 saturated carbocycles. The van der Waals surface area contributed by atoms with Gasteiger partial charge in [-0.25, -0.2) is 0 Å². The lowest BCUT2D eigenvalue weighted by Crippen LogP contribution is -2.71. The van der Waals surface area contributed by atoms with Crippen LogP contribution in [-0.4, -0.2) is 488 Å². The minimum atomic E-state index is -2.62. The molecule has 9 fully saturated rings. The zero-order chi connectivity index (χ0) is 84.8. The SMILES string of the molecule is CC(=O)N[C@H]1[C@H](O[C@H]2[C@H](O)[C@@H](NC(C)=O)C(O)O[C@@H]2CO)O[C@H](CO)[C@@H](O[C@@H]2O[C@H](CO[C@H]3O[C@H](CO)[C@@H](O)[C@H](O)[C@@H]3O[C@@H]3O[C@H](CO)[C@@H](O[C@@H]4O[C@H](CO)[C@H](O)[C@H](O)[C@H]4O)[C@H](O)[C@H]3NC(C)=O)[C@@H](O)[C@H](O[C@H]3O[C@H](CO)[C@@H](O[C@@H]4O[C@H](CO)[C@@H](O)[C@H](O)[C@H]4NC(C)=O)[C@H](O)[C@@H]3O[C@@H]3O[C@H](CO)[C@@H](O)[C@H](O)[C@H]3NC(C)=O)[C@@H]2O)[C@@H]1O. The lowest BCUT2D eigenvalue weighted by atomic mass is 9.93. The first-order valence-corrected chi connectivity index (χ1v) is 36.6. The maximum absolute atomic E-state index is 13.1. The van der Waals surface area contributed by atoms with Crippen LogP contribution in [0.4, 0.5) is 0 Å². The summed E-state index contributed by atoms with van der Waals surface area (Å²) >= 11 is 0. The van der Waals surface area contributed by atoms with Gasteiger partial charge in [0.15, 0.2) is 56.6 Å². The van der Waals surface area contributed by atoms with E-state index in [9.17, 15) is 147 Å². The molecular formula is C64H107N5O46. The summed E-state index contributed by atoms with van der Waals surface area (Å²) in [5.74, 6) is -4.49. The largest absolute Gasteiger partial charge is 0.394 e. The van der Waals surface area contributed by atoms with Crippen molar-refractivity contribution >= 4 is 29.5 Å². The minimum Gasteiger partial charge on any atom is -0.394 e. The smallest absolute Gasteiger partial charge is 0.217 e. The molecule has 664 valence electrons. The molecule has 5 amide bonds. The van der Waals surface area contributed by atoms with E-state index in [1.807, 2.05) is 0 Å². The van der Waals surface area contributed by atoms with Gasteiger partial charge >= 0.3 is 0 Å². The predicted molar refractivity (Wildman–Crippen MR) is 355 cm³/mol. The Hall–Kier alpha value is -4.29. The van der Waals surface area contributed by atoms with Gasteiger partial charge in [-0.05, 0) is 0 Å². The molecule has 0 bridgehead atoms. The van der Waals surface area contributed by atoms with Crippen molar-refractivity contribution in [2.75, 3.05) is 59.5 Å². The van der Waals surface area contributed by atoms with Crippen LogP contribution in [0.1, 0.15) is 34.6 Å². The first-order valence-electron chi connectivity index (χ1n) is 36.6. The molecule has 9 aliphatic rings. The number of hydrogen-bond donors (Lipinski definition) is 29. The topological polar surface area (TPSA) is 788 Å². The average Bonchev–Trinajstić information content (AvgIpc) is 0.742. The van der Waals surface area contributed by atoms with E-state index in [-0.39, 0.29) is 0 Å². The van der Waals surface area contributed by atoms with E-state index in [1.165, 1.54) is 0 Å². The van der Waals surface area contributed by atoms with E-state index in [0.717, 1.165) is 34.6 Å². The standard InChI is InChI=1S/C64H107N5O46/c1-15(78)65-29-41(90)49(24(10-74)100-56(29)98)109-59-32(68-18(4)81)42(91)51(26(12-76)105-59)112-62-48(97)53(113-64-55(115-58-31(67-17(3)80)40(89)35(84)21(7-71)102-58)47(96)52(27(13-77)107-64)110-57-30(66-16(2)79)39(88)34(83)20(6-70)101-57)38(87)28(108-62)14-99-63-54(45(94)37(86)23(9-73)104-63)114-60-33(69-19(5)82)43(92)50(25(11-75)106-60)111-61-46(95)44(93)36(85)22(8-72)103-61/h20-64,70-77,83-98H,6-14H2,1-5H3,(H,65,78)(H,66,79)(H,67,80)(H,68,81)(H,69,82)/t20-,21-,22-,23-,24-,25-,26-,27-,28-,29-,30-,31-,32-,33-,34-,35-,36+,37-,38-,39-,40-,41-,42-,43-,44+,45+,46-,47+,48+,49-,50-,51-,52-,53+,54+,55+,56?,57+,58+,59+,60+,61+,62+,63+,64-/m1/s1. The minimum absolute atomic E-state index is 0.795. The third-order valence-corrected chi connectivity index (χ3v) is 20.8. The Kier molecular flexibility index (Phi) is 34.1. The second-order valence-electron chi connectivity index (χ2n) is 28.9. The Morgan fingerprint density at radius 1 is 0.226 bits per heavy atom. The molecule has 9 aliphatic heterocycles. The average molecular weight is 1680 g/mol. The Morgan fingerprint density at radius 2 is 0.487 bits per heavy atom. The van der Waals surface area contributed by atoms with Crippen molar-refractivity contribution in [3.8, 4) is 0 Å². The number of carbonyl (C=O) groups is 5. The van der Waals surface area contributed by atoms with Gasteiger partial charge < -0.3 is 230 Å². The van der Waals surface area contributed by atoms with Gasteiger partial charge in [0.25, 0.3) is 0 Å². The van der Waals surface area contributed by atoms with Crippen LogP contribution in [-0.2, 0) is 104 Å². The number of aliphatic hydroxyl groups excluding tert-OH is 24. The van der Waals surface area contributed by atoms with Gasteiger partial charge in [-0.2, -0.15) is 0 Å². The monoisotopic (exact) mass is 1680 g/mol. The van der Waals surface area contributed by atoms with Crippen LogP contribution < -0.4 is 26.6 Å². The van der Waals surface area contributed by atoms with Gasteiger partial charge in [0.2, 0.25) is 29.5 Å². The van der Waals surface area contributed by atoms with Crippen molar-refractivity contribution in [2.24, 2.45) is 0 Å². The van der Waals surface area contributed by atoms with Crippen LogP contribution in [0.15, 0.2) is 0 Å². The molecule has 0 aliphatic carbocycles. The third kappa shape index (κ3) is 21.3. The summed E-state index contributed by atoms with van der Waals surface area (Å²) in [6.07, 6.45) is -84.0. The van der Waals surface area contributed by atoms with Crippen molar-refractivity contribution in [3.05, 3.63) is 0 Å². The van der Waals surface area contributed by atoms with Crippen LogP contribution in [0.2, 0.25) is 0 Å². The highest BCUT2D eigenvalue weighted by atomic mass is 16.8. The summed E-state index contributed by atoms with van der Waals surface area (Å²) in [5, 5.41) is 280. The molecule has 9 rings (SSSR count). The molecule has 9 heterocycles. The molecule has 1 unspecified atom stereocenters. The molecule has 0 radical (unpaired) electrons. The molecule has 9 saturated heterocycles. The molecule has 0 aromatic carbocycles. The van der Waals surface area contributed by atoms with Crippen LogP contribution in [0.3, 0.4) is 0 Å². The maximum atomic E-state index is 13.1. The van der Waals surface area contributed by atoms with E-state index in [0.29, 0.717) is 0 Å². The van der Waals surface area contributed by atoms with Gasteiger partial charge in [0.1, 0.15) is 219 Å². The summed E-state index contributed by atoms with van der Waals surface area (Å²) in [6, 6.07) is -9.21. The highest BCUT2D eigenvalue weighted by Crippen LogP contribution is 2.40. The number of aliphatic hydroxyl groups is 24. The molecule has 0 spiro atoms. The third-order valence-electron chi connectivity index (χ3n) is 20.8. The first-order chi connectivity index (χ1) is 54.4. The lowest BCUT2D eigenvalue weighted by molar-refractivity contribution is -0.403. The van der Waals surface area contributed by atoms with E-state index in [4.69, 9.17) is 80.5 Å².